The van der Waals surface area contributed by atoms with Gasteiger partial charge in [0.25, 0.3) is 0 Å². The molecular formula is C43H54N2S4. The molecule has 0 spiro atoms. The van der Waals surface area contributed by atoms with Crippen LogP contribution in [-0.4, -0.2) is 8.64 Å². The molecule has 0 atom stereocenters. The maximum absolute atomic E-state index is 5.75. The van der Waals surface area contributed by atoms with Gasteiger partial charge in [0.2, 0.25) is 0 Å². The number of thioether (sulfide) groups is 2. The van der Waals surface area contributed by atoms with Gasteiger partial charge in [-0.2, -0.15) is 0 Å². The molecule has 0 aliphatic heterocycles. The van der Waals surface area contributed by atoms with Crippen molar-refractivity contribution < 1.29 is 0 Å². The van der Waals surface area contributed by atoms with Gasteiger partial charge in [-0.25, -0.2) is 0 Å². The Morgan fingerprint density at radius 1 is 0.469 bits per heavy atom. The van der Waals surface area contributed by atoms with E-state index in [-0.39, 0.29) is 0 Å². The van der Waals surface area contributed by atoms with Gasteiger partial charge in [0.15, 0.2) is 0 Å². The number of thiocarbonyl (C=S) groups is 2. The van der Waals surface area contributed by atoms with E-state index < -0.39 is 0 Å². The molecule has 0 unspecified atom stereocenters. The first-order chi connectivity index (χ1) is 24.0. The summed E-state index contributed by atoms with van der Waals surface area (Å²) in [7, 11) is 0. The molecule has 0 aliphatic rings. The van der Waals surface area contributed by atoms with Crippen LogP contribution in [0.3, 0.4) is 0 Å². The summed E-state index contributed by atoms with van der Waals surface area (Å²) in [6, 6.07) is 34.6. The molecule has 0 aromatic heterocycles. The van der Waals surface area contributed by atoms with E-state index in [1.54, 1.807) is 23.5 Å². The molecule has 49 heavy (non-hydrogen) atoms. The highest BCUT2D eigenvalue weighted by molar-refractivity contribution is 8.23. The number of aryl methyl sites for hydroxylation is 2. The van der Waals surface area contributed by atoms with Crippen LogP contribution in [0.5, 0.6) is 0 Å². The van der Waals surface area contributed by atoms with Crippen LogP contribution in [0.4, 0.5) is 11.4 Å². The molecule has 0 amide bonds. The second-order valence-electron chi connectivity index (χ2n) is 12.9. The highest BCUT2D eigenvalue weighted by Gasteiger charge is 2.09. The summed E-state index contributed by atoms with van der Waals surface area (Å²) in [5.74, 6) is 0. The molecule has 0 bridgehead atoms. The molecule has 0 radical (unpaired) electrons. The molecule has 0 fully saturated rings. The summed E-state index contributed by atoms with van der Waals surface area (Å²) in [4.78, 5) is 2.52. The third-order valence-electron chi connectivity index (χ3n) is 8.76. The Morgan fingerprint density at radius 2 is 0.837 bits per heavy atom. The molecule has 0 aliphatic carbocycles. The van der Waals surface area contributed by atoms with E-state index in [1.165, 1.54) is 109 Å². The van der Waals surface area contributed by atoms with Crippen molar-refractivity contribution in [1.29, 1.82) is 0 Å². The van der Waals surface area contributed by atoms with Gasteiger partial charge in [-0.1, -0.05) is 187 Å². The third kappa shape index (κ3) is 15.0. The maximum Gasteiger partial charge on any atom is 0.143 e. The Bertz CT molecular complexity index is 1430. The SMILES string of the molecule is CCCCCCCCc1ccccc1SC(=S)Nc1ccc(Cc2ccc(NC(=S)Sc3ccccc3CCCCCCCC)cc2)cc1. The fraction of sp³-hybridized carbons (Fsp3) is 0.395. The van der Waals surface area contributed by atoms with Crippen molar-refractivity contribution in [1.82, 2.24) is 0 Å². The minimum Gasteiger partial charge on any atom is -0.341 e. The monoisotopic (exact) mass is 726 g/mol. The van der Waals surface area contributed by atoms with Gasteiger partial charge in [0, 0.05) is 21.2 Å². The van der Waals surface area contributed by atoms with Gasteiger partial charge in [-0.05, 0) is 90.8 Å². The van der Waals surface area contributed by atoms with Crippen LogP contribution in [0.15, 0.2) is 107 Å². The first kappa shape index (κ1) is 39.2. The molecule has 0 saturated carbocycles. The molecule has 4 aromatic rings. The van der Waals surface area contributed by atoms with Crippen LogP contribution >= 0.6 is 48.0 Å². The first-order valence-corrected chi connectivity index (χ1v) is 20.8. The first-order valence-electron chi connectivity index (χ1n) is 18.4. The number of hydrogen-bond donors (Lipinski definition) is 2. The van der Waals surface area contributed by atoms with Crippen LogP contribution in [-0.2, 0) is 19.3 Å². The normalized spacial score (nSPS) is 11.0. The highest BCUT2D eigenvalue weighted by Crippen LogP contribution is 2.28. The molecule has 4 aromatic carbocycles. The number of benzene rings is 4. The largest absolute Gasteiger partial charge is 0.341 e. The summed E-state index contributed by atoms with van der Waals surface area (Å²) >= 11 is 14.8. The van der Waals surface area contributed by atoms with Crippen molar-refractivity contribution in [2.45, 2.75) is 120 Å². The molecule has 2 N–H and O–H groups in total. The molecule has 0 heterocycles. The second-order valence-corrected chi connectivity index (χ2v) is 16.3. The van der Waals surface area contributed by atoms with Crippen molar-refractivity contribution >= 4 is 68.0 Å². The number of nitrogens with one attached hydrogen (secondary N) is 2. The van der Waals surface area contributed by atoms with Crippen molar-refractivity contribution in [3.8, 4) is 0 Å². The maximum atomic E-state index is 5.75. The molecule has 2 nitrogen and oxygen atoms in total. The predicted molar refractivity (Wildman–Crippen MR) is 227 cm³/mol. The zero-order chi connectivity index (χ0) is 34.5. The van der Waals surface area contributed by atoms with Gasteiger partial charge >= 0.3 is 0 Å². The molecule has 6 heteroatoms. The predicted octanol–water partition coefficient (Wildman–Crippen LogP) is 14.1. The lowest BCUT2D eigenvalue weighted by atomic mass is 10.0. The Morgan fingerprint density at radius 3 is 1.24 bits per heavy atom. The van der Waals surface area contributed by atoms with Crippen molar-refractivity contribution in [3.05, 3.63) is 119 Å². The van der Waals surface area contributed by atoms with Crippen LogP contribution in [0.25, 0.3) is 0 Å². The average Bonchev–Trinajstić information content (AvgIpc) is 3.11. The summed E-state index contributed by atoms with van der Waals surface area (Å²) < 4.78 is 1.56. The van der Waals surface area contributed by atoms with Crippen LogP contribution < -0.4 is 10.6 Å². The smallest absolute Gasteiger partial charge is 0.143 e. The van der Waals surface area contributed by atoms with E-state index in [0.29, 0.717) is 0 Å². The lowest BCUT2D eigenvalue weighted by Crippen LogP contribution is -2.05. The molecular weight excluding hydrogens is 673 g/mol. The van der Waals surface area contributed by atoms with Crippen LogP contribution in [0.1, 0.15) is 113 Å². The van der Waals surface area contributed by atoms with E-state index in [9.17, 15) is 0 Å². The Balaban J connectivity index is 1.20. The molecule has 0 saturated heterocycles. The van der Waals surface area contributed by atoms with Crippen molar-refractivity contribution in [2.24, 2.45) is 0 Å². The van der Waals surface area contributed by atoms with E-state index >= 15 is 0 Å². The lowest BCUT2D eigenvalue weighted by molar-refractivity contribution is 0.606. The minimum absolute atomic E-state index is 0.781. The molecule has 260 valence electrons. The van der Waals surface area contributed by atoms with Crippen LogP contribution in [0.2, 0.25) is 0 Å². The number of rotatable bonds is 20. The summed E-state index contributed by atoms with van der Waals surface area (Å²) in [6.07, 6.45) is 18.9. The number of hydrogen-bond acceptors (Lipinski definition) is 4. The van der Waals surface area contributed by atoms with Gasteiger partial charge in [-0.3, -0.25) is 0 Å². The van der Waals surface area contributed by atoms with Gasteiger partial charge in [-0.15, -0.1) is 0 Å². The zero-order valence-corrected chi connectivity index (χ0v) is 32.7. The quantitative estimate of drug-likeness (QED) is 0.0534. The zero-order valence-electron chi connectivity index (χ0n) is 29.5. The fourth-order valence-corrected chi connectivity index (χ4v) is 8.35. The van der Waals surface area contributed by atoms with Gasteiger partial charge in [0.1, 0.15) is 8.64 Å². The van der Waals surface area contributed by atoms with E-state index in [0.717, 1.165) is 39.3 Å². The Kier molecular flexibility index (Phi) is 18.3. The number of anilines is 2. The minimum atomic E-state index is 0.781. The van der Waals surface area contributed by atoms with E-state index in [4.69, 9.17) is 24.4 Å². The average molecular weight is 727 g/mol. The van der Waals surface area contributed by atoms with Gasteiger partial charge in [0.05, 0.1) is 0 Å². The van der Waals surface area contributed by atoms with Crippen LogP contribution in [0, 0.1) is 0 Å². The summed E-state index contributed by atoms with van der Waals surface area (Å²) in [6.45, 7) is 4.54. The second kappa shape index (κ2) is 23.0. The third-order valence-corrected chi connectivity index (χ3v) is 11.3. The molecule has 4 rings (SSSR count). The van der Waals surface area contributed by atoms with Gasteiger partial charge < -0.3 is 10.6 Å². The standard InChI is InChI=1S/C43H54N2S4/c1-3-5-7-9-11-13-19-36-21-15-17-23-40(36)48-42(46)44-38-29-25-34(26-30-38)33-35-27-31-39(32-28-35)45-43(47)49-41-24-18-16-22-37(41)20-14-12-10-8-6-4-2/h15-18,21-32H,3-14,19-20,33H2,1-2H3,(H,44,46)(H,45,47). The van der Waals surface area contributed by atoms with E-state index in [1.807, 2.05) is 0 Å². The van der Waals surface area contributed by atoms with Crippen molar-refractivity contribution in [2.75, 3.05) is 10.6 Å². The summed E-state index contributed by atoms with van der Waals surface area (Å²) in [5, 5.41) is 6.87. The Hall–Kier alpha value is -2.64. The summed E-state index contributed by atoms with van der Waals surface area (Å²) in [5.41, 5.74) is 7.37. The number of unbranched alkanes of at least 4 members (excludes halogenated alkanes) is 10. The Labute approximate surface area is 316 Å². The highest BCUT2D eigenvalue weighted by atomic mass is 32.2. The van der Waals surface area contributed by atoms with Crippen molar-refractivity contribution in [3.63, 3.8) is 0 Å². The lowest BCUT2D eigenvalue weighted by Gasteiger charge is -2.12. The van der Waals surface area contributed by atoms with E-state index in [2.05, 4.69) is 122 Å². The fourth-order valence-electron chi connectivity index (χ4n) is 5.95. The topological polar surface area (TPSA) is 24.1 Å².